The molecule has 0 spiro atoms. The maximum Gasteiger partial charge on any atom is 0.338 e. The minimum Gasteiger partial charge on any atom is -0.494 e. The monoisotopic (exact) mass is 486 g/mol. The van der Waals surface area contributed by atoms with Crippen LogP contribution in [0.2, 0.25) is 0 Å². The molecule has 1 heterocycles. The quantitative estimate of drug-likeness (QED) is 0.167. The number of fused-ring (bicyclic) bond motifs is 1. The fourth-order valence-corrected chi connectivity index (χ4v) is 4.00. The molecule has 0 atom stereocenters. The Balaban J connectivity index is 1.18. The van der Waals surface area contributed by atoms with Crippen LogP contribution in [0.5, 0.6) is 5.75 Å². The van der Waals surface area contributed by atoms with Crippen LogP contribution in [0.3, 0.4) is 0 Å². The van der Waals surface area contributed by atoms with E-state index in [0.717, 1.165) is 37.0 Å². The van der Waals surface area contributed by atoms with Gasteiger partial charge in [-0.1, -0.05) is 12.1 Å². The normalized spacial score (nSPS) is 10.9. The highest BCUT2D eigenvalue weighted by molar-refractivity contribution is 5.91. The first-order valence-electron chi connectivity index (χ1n) is 12.0. The van der Waals surface area contributed by atoms with E-state index in [0.29, 0.717) is 52.4 Å². The molecule has 3 aromatic carbocycles. The molecule has 0 aliphatic rings. The molecule has 0 saturated heterocycles. The lowest BCUT2D eigenvalue weighted by Crippen LogP contribution is -2.08. The number of carbonyl (C=O) groups is 1. The second-order valence-electron chi connectivity index (χ2n) is 8.69. The Morgan fingerprint density at radius 1 is 0.861 bits per heavy atom. The standard InChI is InChI=1S/C29H30N2O5/c1-19-27(32)25-8-4-5-9-26(25)36-28(19)20-10-12-24(13-11-20)34-14-6-2-3-7-15-35-29(33)21-16-22(30)18-23(31)17-21/h4-5,8-13,16-18H,2-3,6-7,14-15,30-31H2,1H3. The van der Waals surface area contributed by atoms with Crippen molar-refractivity contribution in [2.75, 3.05) is 24.7 Å². The summed E-state index contributed by atoms with van der Waals surface area (Å²) in [5, 5.41) is 0.587. The lowest BCUT2D eigenvalue weighted by Gasteiger charge is -2.09. The summed E-state index contributed by atoms with van der Waals surface area (Å²) < 4.78 is 17.1. The highest BCUT2D eigenvalue weighted by atomic mass is 16.5. The van der Waals surface area contributed by atoms with E-state index in [1.54, 1.807) is 37.3 Å². The topological polar surface area (TPSA) is 118 Å². The largest absolute Gasteiger partial charge is 0.494 e. The highest BCUT2D eigenvalue weighted by Crippen LogP contribution is 2.27. The SMILES string of the molecule is Cc1c(-c2ccc(OCCCCCCOC(=O)c3cc(N)cc(N)c3)cc2)oc2ccccc2c1=O. The second kappa shape index (κ2) is 11.4. The summed E-state index contributed by atoms with van der Waals surface area (Å²) in [5.41, 5.74) is 14.6. The second-order valence-corrected chi connectivity index (χ2v) is 8.69. The molecule has 36 heavy (non-hydrogen) atoms. The van der Waals surface area contributed by atoms with Gasteiger partial charge in [0.2, 0.25) is 0 Å². The summed E-state index contributed by atoms with van der Waals surface area (Å²) in [7, 11) is 0. The molecule has 7 heteroatoms. The number of para-hydroxylation sites is 1. The Morgan fingerprint density at radius 2 is 1.53 bits per heavy atom. The van der Waals surface area contributed by atoms with E-state index in [9.17, 15) is 9.59 Å². The Morgan fingerprint density at radius 3 is 2.25 bits per heavy atom. The van der Waals surface area contributed by atoms with Crippen molar-refractivity contribution in [1.82, 2.24) is 0 Å². The van der Waals surface area contributed by atoms with Crippen molar-refractivity contribution in [3.63, 3.8) is 0 Å². The molecule has 0 fully saturated rings. The van der Waals surface area contributed by atoms with E-state index in [1.807, 2.05) is 36.4 Å². The average Bonchev–Trinajstić information content (AvgIpc) is 2.87. The molecule has 0 aliphatic carbocycles. The van der Waals surface area contributed by atoms with Gasteiger partial charge in [0.05, 0.1) is 24.2 Å². The van der Waals surface area contributed by atoms with Gasteiger partial charge in [0, 0.05) is 22.5 Å². The lowest BCUT2D eigenvalue weighted by molar-refractivity contribution is 0.0497. The fourth-order valence-electron chi connectivity index (χ4n) is 4.00. The van der Waals surface area contributed by atoms with Gasteiger partial charge in [-0.25, -0.2) is 4.79 Å². The predicted molar refractivity (Wildman–Crippen MR) is 142 cm³/mol. The molecule has 1 aromatic heterocycles. The van der Waals surface area contributed by atoms with E-state index in [1.165, 1.54) is 0 Å². The average molecular weight is 487 g/mol. The van der Waals surface area contributed by atoms with Crippen LogP contribution in [-0.2, 0) is 4.74 Å². The van der Waals surface area contributed by atoms with Crippen molar-refractivity contribution >= 4 is 28.3 Å². The molecular weight excluding hydrogens is 456 g/mol. The van der Waals surface area contributed by atoms with E-state index < -0.39 is 5.97 Å². The number of nitrogen functional groups attached to an aromatic ring is 2. The first kappa shape index (κ1) is 24.9. The zero-order valence-electron chi connectivity index (χ0n) is 20.3. The molecule has 4 aromatic rings. The highest BCUT2D eigenvalue weighted by Gasteiger charge is 2.12. The number of esters is 1. The number of benzene rings is 3. The van der Waals surface area contributed by atoms with Crippen LogP contribution in [0.4, 0.5) is 11.4 Å². The first-order chi connectivity index (χ1) is 17.4. The minimum absolute atomic E-state index is 0.0172. The number of anilines is 2. The molecule has 0 unspecified atom stereocenters. The van der Waals surface area contributed by atoms with Crippen molar-refractivity contribution in [3.8, 4) is 17.1 Å². The van der Waals surface area contributed by atoms with Crippen LogP contribution in [-0.4, -0.2) is 19.2 Å². The zero-order chi connectivity index (χ0) is 25.5. The maximum atomic E-state index is 12.7. The van der Waals surface area contributed by atoms with Crippen LogP contribution < -0.4 is 21.6 Å². The molecule has 0 amide bonds. The summed E-state index contributed by atoms with van der Waals surface area (Å²) in [6.45, 7) is 2.72. The third-order valence-corrected chi connectivity index (χ3v) is 5.90. The van der Waals surface area contributed by atoms with E-state index >= 15 is 0 Å². The minimum atomic E-state index is -0.418. The number of ether oxygens (including phenoxy) is 2. The van der Waals surface area contributed by atoms with Crippen molar-refractivity contribution in [3.05, 3.63) is 88.1 Å². The summed E-state index contributed by atoms with van der Waals surface area (Å²) in [5.74, 6) is 0.916. The van der Waals surface area contributed by atoms with Gasteiger partial charge in [-0.3, -0.25) is 4.79 Å². The van der Waals surface area contributed by atoms with Gasteiger partial charge in [0.15, 0.2) is 5.43 Å². The van der Waals surface area contributed by atoms with Gasteiger partial charge in [-0.05, 0) is 87.2 Å². The number of hydrogen-bond acceptors (Lipinski definition) is 7. The number of nitrogens with two attached hydrogens (primary N) is 2. The van der Waals surface area contributed by atoms with Crippen LogP contribution in [0.15, 0.2) is 75.9 Å². The van der Waals surface area contributed by atoms with E-state index in [4.69, 9.17) is 25.4 Å². The molecule has 0 radical (unpaired) electrons. The molecule has 7 nitrogen and oxygen atoms in total. The van der Waals surface area contributed by atoms with Crippen LogP contribution in [0.25, 0.3) is 22.3 Å². The molecule has 0 saturated carbocycles. The molecular formula is C29H30N2O5. The Kier molecular flexibility index (Phi) is 7.90. The van der Waals surface area contributed by atoms with E-state index in [2.05, 4.69) is 0 Å². The van der Waals surface area contributed by atoms with Crippen molar-refractivity contribution < 1.29 is 18.7 Å². The number of hydrogen-bond donors (Lipinski definition) is 2. The third kappa shape index (κ3) is 6.05. The third-order valence-electron chi connectivity index (χ3n) is 5.90. The zero-order valence-corrected chi connectivity index (χ0v) is 20.3. The molecule has 4 N–H and O–H groups in total. The van der Waals surface area contributed by atoms with Crippen LogP contribution in [0.1, 0.15) is 41.6 Å². The molecule has 0 bridgehead atoms. The van der Waals surface area contributed by atoms with Gasteiger partial charge in [-0.2, -0.15) is 0 Å². The van der Waals surface area contributed by atoms with Gasteiger partial charge >= 0.3 is 5.97 Å². The fraction of sp³-hybridized carbons (Fsp3) is 0.241. The number of carbonyl (C=O) groups excluding carboxylic acids is 1. The van der Waals surface area contributed by atoms with Gasteiger partial charge in [0.25, 0.3) is 0 Å². The van der Waals surface area contributed by atoms with Gasteiger partial charge in [0.1, 0.15) is 17.1 Å². The lowest BCUT2D eigenvalue weighted by atomic mass is 10.1. The smallest absolute Gasteiger partial charge is 0.338 e. The van der Waals surface area contributed by atoms with Crippen LogP contribution >= 0.6 is 0 Å². The number of rotatable bonds is 10. The molecule has 4 rings (SSSR count). The van der Waals surface area contributed by atoms with E-state index in [-0.39, 0.29) is 5.43 Å². The maximum absolute atomic E-state index is 12.7. The summed E-state index contributed by atoms with van der Waals surface area (Å²) in [6, 6.07) is 19.5. The first-order valence-corrected chi connectivity index (χ1v) is 12.0. The summed E-state index contributed by atoms with van der Waals surface area (Å²) in [4.78, 5) is 24.7. The van der Waals surface area contributed by atoms with Crippen molar-refractivity contribution in [2.45, 2.75) is 32.6 Å². The Bertz CT molecular complexity index is 1390. The Labute approximate surface area is 209 Å². The summed E-state index contributed by atoms with van der Waals surface area (Å²) in [6.07, 6.45) is 3.55. The van der Waals surface area contributed by atoms with Crippen molar-refractivity contribution in [1.29, 1.82) is 0 Å². The predicted octanol–water partition coefficient (Wildman–Crippen LogP) is 5.73. The Hall–Kier alpha value is -4.26. The van der Waals surface area contributed by atoms with Gasteiger partial charge in [-0.15, -0.1) is 0 Å². The summed E-state index contributed by atoms with van der Waals surface area (Å²) >= 11 is 0. The number of unbranched alkanes of at least 4 members (excludes halogenated alkanes) is 3. The molecule has 186 valence electrons. The van der Waals surface area contributed by atoms with Crippen molar-refractivity contribution in [2.24, 2.45) is 0 Å². The molecule has 0 aliphatic heterocycles. The van der Waals surface area contributed by atoms with Crippen LogP contribution in [0, 0.1) is 6.92 Å². The van der Waals surface area contributed by atoms with Gasteiger partial charge < -0.3 is 25.4 Å².